The van der Waals surface area contributed by atoms with Crippen LogP contribution in [0.15, 0.2) is 0 Å². The van der Waals surface area contributed by atoms with Crippen molar-refractivity contribution in [3.63, 3.8) is 0 Å². The van der Waals surface area contributed by atoms with Gasteiger partial charge in [0.2, 0.25) is 0 Å². The van der Waals surface area contributed by atoms with Gasteiger partial charge >= 0.3 is 0 Å². The highest BCUT2D eigenvalue weighted by atomic mass is 16.6. The second-order valence-electron chi connectivity index (χ2n) is 7.56. The number of nitrogens with two attached hydrogens (primary N) is 1. The first-order valence-corrected chi connectivity index (χ1v) is 9.75. The van der Waals surface area contributed by atoms with Crippen LogP contribution in [-0.4, -0.2) is 6.10 Å². The summed E-state index contributed by atoms with van der Waals surface area (Å²) in [5.74, 6) is 7.24. The van der Waals surface area contributed by atoms with Crippen LogP contribution in [0, 0.1) is 11.8 Å². The van der Waals surface area contributed by atoms with Crippen LogP contribution in [0.5, 0.6) is 0 Å². The molecule has 2 nitrogen and oxygen atoms in total. The van der Waals surface area contributed by atoms with E-state index in [2.05, 4.69) is 0 Å². The average Bonchev–Trinajstić information content (AvgIpc) is 2.98. The molecule has 2 saturated carbocycles. The minimum absolute atomic E-state index is 0.350. The van der Waals surface area contributed by atoms with E-state index < -0.39 is 0 Å². The predicted molar refractivity (Wildman–Crippen MR) is 89.9 cm³/mol. The zero-order valence-electron chi connectivity index (χ0n) is 14.0. The summed E-state index contributed by atoms with van der Waals surface area (Å²) in [5.41, 5.74) is 0. The van der Waals surface area contributed by atoms with Gasteiger partial charge in [0.1, 0.15) is 0 Å². The highest BCUT2D eigenvalue weighted by Crippen LogP contribution is 2.38. The molecule has 2 rings (SSSR count). The molecule has 2 atom stereocenters. The summed E-state index contributed by atoms with van der Waals surface area (Å²) >= 11 is 0. The van der Waals surface area contributed by atoms with Gasteiger partial charge in [-0.25, -0.2) is 5.90 Å². The lowest BCUT2D eigenvalue weighted by Gasteiger charge is -2.24. The molecule has 124 valence electrons. The molecule has 21 heavy (non-hydrogen) atoms. The van der Waals surface area contributed by atoms with E-state index in [4.69, 9.17) is 10.7 Å². The third-order valence-electron chi connectivity index (χ3n) is 5.93. The zero-order valence-corrected chi connectivity index (χ0v) is 14.0. The predicted octanol–water partition coefficient (Wildman–Crippen LogP) is 5.75. The summed E-state index contributed by atoms with van der Waals surface area (Å²) in [6.07, 6.45) is 23.2. The Kier molecular flexibility index (Phi) is 8.73. The maximum atomic E-state index is 5.40. The molecule has 0 aromatic rings. The first-order valence-electron chi connectivity index (χ1n) is 9.75. The molecule has 2 aliphatic carbocycles. The molecule has 0 saturated heterocycles. The van der Waals surface area contributed by atoms with Crippen molar-refractivity contribution in [1.82, 2.24) is 0 Å². The molecule has 0 spiro atoms. The summed E-state index contributed by atoms with van der Waals surface area (Å²) in [7, 11) is 0. The lowest BCUT2D eigenvalue weighted by Crippen LogP contribution is -2.17. The molecule has 0 amide bonds. The van der Waals surface area contributed by atoms with Crippen LogP contribution in [0.3, 0.4) is 0 Å². The van der Waals surface area contributed by atoms with Gasteiger partial charge in [0.15, 0.2) is 0 Å². The fraction of sp³-hybridized carbons (Fsp3) is 1.00. The summed E-state index contributed by atoms with van der Waals surface area (Å²) < 4.78 is 0. The number of hydrogen-bond acceptors (Lipinski definition) is 2. The van der Waals surface area contributed by atoms with Gasteiger partial charge in [-0.05, 0) is 31.1 Å². The summed E-state index contributed by atoms with van der Waals surface area (Å²) in [6.45, 7) is 0. The van der Waals surface area contributed by atoms with Gasteiger partial charge in [0, 0.05) is 0 Å². The molecule has 0 bridgehead atoms. The normalized spacial score (nSPS) is 31.9. The van der Waals surface area contributed by atoms with Crippen molar-refractivity contribution < 1.29 is 4.84 Å². The van der Waals surface area contributed by atoms with E-state index in [1.54, 1.807) is 0 Å². The van der Waals surface area contributed by atoms with Crippen molar-refractivity contribution in [1.29, 1.82) is 0 Å². The van der Waals surface area contributed by atoms with E-state index in [0.717, 1.165) is 11.8 Å². The third-order valence-corrected chi connectivity index (χ3v) is 5.93. The topological polar surface area (TPSA) is 35.2 Å². The van der Waals surface area contributed by atoms with Crippen LogP contribution in [0.25, 0.3) is 0 Å². The maximum absolute atomic E-state index is 5.40. The van der Waals surface area contributed by atoms with Crippen molar-refractivity contribution in [2.24, 2.45) is 17.7 Å². The smallest absolute Gasteiger partial charge is 0.0790 e. The van der Waals surface area contributed by atoms with E-state index in [1.807, 2.05) is 0 Å². The van der Waals surface area contributed by atoms with E-state index in [1.165, 1.54) is 103 Å². The minimum Gasteiger partial charge on any atom is -0.301 e. The molecule has 0 heterocycles. The van der Waals surface area contributed by atoms with Gasteiger partial charge in [0.25, 0.3) is 0 Å². The molecule has 0 unspecified atom stereocenters. The molecular weight excluding hydrogens is 258 g/mol. The quantitative estimate of drug-likeness (QED) is 0.659. The van der Waals surface area contributed by atoms with Crippen LogP contribution in [-0.2, 0) is 4.84 Å². The van der Waals surface area contributed by atoms with E-state index >= 15 is 0 Å². The molecule has 0 radical (unpaired) electrons. The van der Waals surface area contributed by atoms with Crippen LogP contribution >= 0.6 is 0 Å². The SMILES string of the molecule is NO[C@H]1CC[C@@H](C2CCCCCCCCCCCCC2)C1. The standard InChI is InChI=1S/C19H37NO/c20-21-19-15-14-18(16-19)17-12-10-8-6-4-2-1-3-5-7-9-11-13-17/h17-19H,1-16,20H2/t18-,19+/m1/s1. The molecule has 2 fully saturated rings. The maximum Gasteiger partial charge on any atom is 0.0790 e. The number of hydrogen-bond donors (Lipinski definition) is 1. The minimum atomic E-state index is 0.350. The van der Waals surface area contributed by atoms with E-state index in [-0.39, 0.29) is 0 Å². The van der Waals surface area contributed by atoms with Gasteiger partial charge in [-0.15, -0.1) is 0 Å². The Bertz CT molecular complexity index is 242. The summed E-state index contributed by atoms with van der Waals surface area (Å²) in [5, 5.41) is 0. The van der Waals surface area contributed by atoms with Gasteiger partial charge in [-0.1, -0.05) is 83.5 Å². The Hall–Kier alpha value is -0.0800. The van der Waals surface area contributed by atoms with Crippen molar-refractivity contribution in [3.8, 4) is 0 Å². The van der Waals surface area contributed by atoms with Crippen molar-refractivity contribution in [2.45, 2.75) is 109 Å². The molecular formula is C19H37NO. The second-order valence-corrected chi connectivity index (χ2v) is 7.56. The molecule has 2 heteroatoms. The zero-order chi connectivity index (χ0) is 14.8. The Balaban J connectivity index is 1.76. The molecule has 0 aromatic heterocycles. The Labute approximate surface area is 132 Å². The van der Waals surface area contributed by atoms with Crippen LogP contribution in [0.1, 0.15) is 103 Å². The lowest BCUT2D eigenvalue weighted by molar-refractivity contribution is 0.0528. The monoisotopic (exact) mass is 295 g/mol. The average molecular weight is 296 g/mol. The fourth-order valence-electron chi connectivity index (χ4n) is 4.54. The lowest BCUT2D eigenvalue weighted by atomic mass is 9.82. The van der Waals surface area contributed by atoms with E-state index in [0.29, 0.717) is 6.10 Å². The fourth-order valence-corrected chi connectivity index (χ4v) is 4.54. The van der Waals surface area contributed by atoms with Crippen LogP contribution in [0.2, 0.25) is 0 Å². The van der Waals surface area contributed by atoms with Crippen LogP contribution in [0.4, 0.5) is 0 Å². The Morgan fingerprint density at radius 3 is 1.43 bits per heavy atom. The van der Waals surface area contributed by atoms with Gasteiger partial charge < -0.3 is 4.84 Å². The van der Waals surface area contributed by atoms with E-state index in [9.17, 15) is 0 Å². The summed E-state index contributed by atoms with van der Waals surface area (Å²) in [6, 6.07) is 0. The van der Waals surface area contributed by atoms with Crippen molar-refractivity contribution in [3.05, 3.63) is 0 Å². The van der Waals surface area contributed by atoms with Crippen molar-refractivity contribution >= 4 is 0 Å². The Morgan fingerprint density at radius 1 is 0.524 bits per heavy atom. The first kappa shape index (κ1) is 17.3. The van der Waals surface area contributed by atoms with Gasteiger partial charge in [0.05, 0.1) is 6.10 Å². The van der Waals surface area contributed by atoms with Gasteiger partial charge in [-0.2, -0.15) is 0 Å². The van der Waals surface area contributed by atoms with Crippen molar-refractivity contribution in [2.75, 3.05) is 0 Å². The van der Waals surface area contributed by atoms with Crippen LogP contribution < -0.4 is 5.90 Å². The molecule has 0 aliphatic heterocycles. The Morgan fingerprint density at radius 2 is 1.00 bits per heavy atom. The highest BCUT2D eigenvalue weighted by Gasteiger charge is 2.30. The molecule has 0 aromatic carbocycles. The molecule has 2 aliphatic rings. The third kappa shape index (κ3) is 6.69. The largest absolute Gasteiger partial charge is 0.301 e. The highest BCUT2D eigenvalue weighted by molar-refractivity contribution is 4.81. The number of rotatable bonds is 2. The second kappa shape index (κ2) is 10.6. The molecule has 2 N–H and O–H groups in total. The summed E-state index contributed by atoms with van der Waals surface area (Å²) in [4.78, 5) is 5.10. The van der Waals surface area contributed by atoms with Gasteiger partial charge in [-0.3, -0.25) is 0 Å². The first-order chi connectivity index (χ1) is 10.4.